The fraction of sp³-hybridized carbons (Fsp3) is 0.366. The van der Waals surface area contributed by atoms with Crippen LogP contribution >= 0.6 is 0 Å². The third-order valence-corrected chi connectivity index (χ3v) is 10.7. The summed E-state index contributed by atoms with van der Waals surface area (Å²) >= 11 is 0. The van der Waals surface area contributed by atoms with Crippen LogP contribution in [0.3, 0.4) is 0 Å². The lowest BCUT2D eigenvalue weighted by atomic mass is 9.74. The van der Waals surface area contributed by atoms with E-state index in [1.54, 1.807) is 139 Å². The number of rotatable bonds is 14. The van der Waals surface area contributed by atoms with Gasteiger partial charge < -0.3 is 39.8 Å². The number of primary amides is 1. The minimum atomic E-state index is -1.87. The molecule has 4 aromatic rings. The lowest BCUT2D eigenvalue weighted by Gasteiger charge is -2.51. The highest BCUT2D eigenvalue weighted by atomic mass is 16.5. The molecule has 0 bridgehead atoms. The van der Waals surface area contributed by atoms with Gasteiger partial charge in [0.1, 0.15) is 39.6 Å². The molecule has 4 N–H and O–H groups in total. The normalized spacial score (nSPS) is 15.4. The number of methoxy groups -OCH3 is 4. The van der Waals surface area contributed by atoms with Gasteiger partial charge in [-0.15, -0.1) is 0 Å². The number of benzene rings is 4. The zero-order chi connectivity index (χ0) is 37.0. The molecule has 10 nitrogen and oxygen atoms in total. The molecular weight excluding hydrogens is 648 g/mol. The van der Waals surface area contributed by atoms with Crippen LogP contribution in [0.5, 0.6) is 23.0 Å². The molecule has 0 aliphatic heterocycles. The molecule has 1 aliphatic carbocycles. The summed E-state index contributed by atoms with van der Waals surface area (Å²) in [5.41, 5.74) is 2.65. The van der Waals surface area contributed by atoms with Crippen molar-refractivity contribution in [3.05, 3.63) is 119 Å². The van der Waals surface area contributed by atoms with E-state index in [9.17, 15) is 15.0 Å². The van der Waals surface area contributed by atoms with E-state index in [2.05, 4.69) is 0 Å². The third kappa shape index (κ3) is 6.61. The van der Waals surface area contributed by atoms with Crippen LogP contribution in [0.4, 0.5) is 0 Å². The number of nitrogens with two attached hydrogens (primary N) is 1. The predicted octanol–water partition coefficient (Wildman–Crippen LogP) is 5.54. The molecule has 0 heterocycles. The Morgan fingerprint density at radius 3 is 1.06 bits per heavy atom. The van der Waals surface area contributed by atoms with Gasteiger partial charge in [0, 0.05) is 0 Å². The molecule has 5 rings (SSSR count). The van der Waals surface area contributed by atoms with Crippen molar-refractivity contribution in [1.29, 1.82) is 0 Å². The molecule has 0 saturated heterocycles. The summed E-state index contributed by atoms with van der Waals surface area (Å²) in [6.45, 7) is 3.46. The Hall–Kier alpha value is -5.06. The highest BCUT2D eigenvalue weighted by Gasteiger charge is 2.56. The van der Waals surface area contributed by atoms with Gasteiger partial charge >= 0.3 is 0 Å². The number of hydrogen-bond donors (Lipinski definition) is 3. The Balaban J connectivity index is 1.79. The molecule has 0 aromatic heterocycles. The first kappa shape index (κ1) is 37.2. The Bertz CT molecular complexity index is 1580. The van der Waals surface area contributed by atoms with Gasteiger partial charge in [-0.05, 0) is 97.5 Å². The highest BCUT2D eigenvalue weighted by molar-refractivity contribution is 6.05. The Morgan fingerprint density at radius 2 is 0.843 bits per heavy atom. The molecule has 2 amide bonds. The standard InChI is InChI=1S/C41H48N2O8/c1-27(40(46,29-9-17-33(48-3)18-10-29)30-11-19-34(49-4)20-12-30)43(38(45)39(37(42)44)25-7-8-26-39)28(2)41(47,31-13-21-35(50-5)22-14-31)32-15-23-36(51-6)24-16-32/h9-24,27-28,46-47H,7-8,25-26H2,1-6H3,(H2,42,44). The Kier molecular flexibility index (Phi) is 11.0. The first-order chi connectivity index (χ1) is 24.4. The van der Waals surface area contributed by atoms with Crippen LogP contribution in [-0.2, 0) is 20.8 Å². The molecule has 1 fully saturated rings. The Morgan fingerprint density at radius 1 is 0.588 bits per heavy atom. The van der Waals surface area contributed by atoms with Crippen LogP contribution in [0, 0.1) is 5.41 Å². The number of carbonyl (C=O) groups excluding carboxylic acids is 2. The minimum absolute atomic E-state index is 0.254. The second-order valence-electron chi connectivity index (χ2n) is 13.2. The monoisotopic (exact) mass is 696 g/mol. The average Bonchev–Trinajstić information content (AvgIpc) is 3.69. The molecular formula is C41H48N2O8. The number of hydrogen-bond acceptors (Lipinski definition) is 8. The van der Waals surface area contributed by atoms with Crippen LogP contribution in [0.15, 0.2) is 97.1 Å². The summed E-state index contributed by atoms with van der Waals surface area (Å²) in [5.74, 6) is 1.03. The minimum Gasteiger partial charge on any atom is -0.497 e. The SMILES string of the molecule is COc1ccc(C(O)(c2ccc(OC)cc2)C(C)N(C(=O)C2(C(N)=O)CCCC2)C(C)C(O)(c2ccc(OC)cc2)c2ccc(OC)cc2)cc1. The van der Waals surface area contributed by atoms with Crippen molar-refractivity contribution in [3.8, 4) is 23.0 Å². The summed E-state index contributed by atoms with van der Waals surface area (Å²) < 4.78 is 21.7. The molecule has 1 saturated carbocycles. The summed E-state index contributed by atoms with van der Waals surface area (Å²) in [5, 5.41) is 26.4. The van der Waals surface area contributed by atoms with Crippen LogP contribution in [0.1, 0.15) is 61.8 Å². The maximum Gasteiger partial charge on any atom is 0.238 e. The quantitative estimate of drug-likeness (QED) is 0.146. The fourth-order valence-electron chi connectivity index (χ4n) is 7.56. The number of nitrogens with zero attached hydrogens (tertiary/aromatic N) is 1. The molecule has 4 aromatic carbocycles. The van der Waals surface area contributed by atoms with E-state index in [0.717, 1.165) is 0 Å². The lowest BCUT2D eigenvalue weighted by molar-refractivity contribution is -0.164. The van der Waals surface area contributed by atoms with Crippen LogP contribution in [0.2, 0.25) is 0 Å². The van der Waals surface area contributed by atoms with Gasteiger partial charge in [-0.1, -0.05) is 61.4 Å². The van der Waals surface area contributed by atoms with Gasteiger partial charge in [-0.2, -0.15) is 0 Å². The van der Waals surface area contributed by atoms with Gasteiger partial charge in [-0.25, -0.2) is 0 Å². The van der Waals surface area contributed by atoms with Crippen molar-refractivity contribution >= 4 is 11.8 Å². The largest absolute Gasteiger partial charge is 0.497 e. The van der Waals surface area contributed by atoms with Crippen molar-refractivity contribution in [2.45, 2.75) is 62.8 Å². The summed E-state index contributed by atoms with van der Waals surface area (Å²) in [4.78, 5) is 30.2. The van der Waals surface area contributed by atoms with Crippen LogP contribution < -0.4 is 24.7 Å². The number of amides is 2. The molecule has 1 aliphatic rings. The smallest absolute Gasteiger partial charge is 0.238 e. The average molecular weight is 697 g/mol. The van der Waals surface area contributed by atoms with Crippen molar-refractivity contribution in [2.24, 2.45) is 11.1 Å². The van der Waals surface area contributed by atoms with Crippen LogP contribution in [-0.4, -0.2) is 67.5 Å². The van der Waals surface area contributed by atoms with E-state index in [4.69, 9.17) is 24.7 Å². The fourth-order valence-corrected chi connectivity index (χ4v) is 7.56. The molecule has 10 heteroatoms. The maximum absolute atomic E-state index is 15.3. The summed E-state index contributed by atoms with van der Waals surface area (Å²) in [6, 6.07) is 25.6. The molecule has 0 spiro atoms. The summed E-state index contributed by atoms with van der Waals surface area (Å²) in [7, 11) is 6.22. The van der Waals surface area contributed by atoms with Gasteiger partial charge in [0.05, 0.1) is 40.5 Å². The molecule has 0 radical (unpaired) electrons. The zero-order valence-electron chi connectivity index (χ0n) is 30.1. The molecule has 2 unspecified atom stereocenters. The second kappa shape index (κ2) is 15.0. The van der Waals surface area contributed by atoms with Crippen molar-refractivity contribution in [2.75, 3.05) is 28.4 Å². The first-order valence-corrected chi connectivity index (χ1v) is 17.1. The highest BCUT2D eigenvalue weighted by Crippen LogP contribution is 2.47. The molecule has 51 heavy (non-hydrogen) atoms. The topological polar surface area (TPSA) is 141 Å². The maximum atomic E-state index is 15.3. The van der Waals surface area contributed by atoms with Gasteiger partial charge in [0.15, 0.2) is 0 Å². The van der Waals surface area contributed by atoms with E-state index in [0.29, 0.717) is 58.1 Å². The number of aliphatic hydroxyl groups is 2. The second-order valence-corrected chi connectivity index (χ2v) is 13.2. The van der Waals surface area contributed by atoms with Gasteiger partial charge in [-0.3, -0.25) is 9.59 Å². The lowest BCUT2D eigenvalue weighted by Crippen LogP contribution is -2.64. The third-order valence-electron chi connectivity index (χ3n) is 10.7. The zero-order valence-corrected chi connectivity index (χ0v) is 30.1. The van der Waals surface area contributed by atoms with Crippen LogP contribution in [0.25, 0.3) is 0 Å². The van der Waals surface area contributed by atoms with Crippen molar-refractivity contribution < 1.29 is 38.7 Å². The van der Waals surface area contributed by atoms with Crippen molar-refractivity contribution in [3.63, 3.8) is 0 Å². The number of ether oxygens (including phenoxy) is 4. The van der Waals surface area contributed by atoms with Gasteiger partial charge in [0.25, 0.3) is 0 Å². The van der Waals surface area contributed by atoms with Crippen molar-refractivity contribution in [1.82, 2.24) is 4.90 Å². The van der Waals surface area contributed by atoms with E-state index in [1.165, 1.54) is 4.90 Å². The number of carbonyl (C=O) groups is 2. The molecule has 270 valence electrons. The van der Waals surface area contributed by atoms with E-state index in [1.807, 2.05) is 0 Å². The summed E-state index contributed by atoms with van der Waals surface area (Å²) in [6.07, 6.45) is 1.77. The Labute approximate surface area is 299 Å². The van der Waals surface area contributed by atoms with Gasteiger partial charge in [0.2, 0.25) is 11.8 Å². The van der Waals surface area contributed by atoms with E-state index >= 15 is 4.79 Å². The first-order valence-electron chi connectivity index (χ1n) is 17.1. The van der Waals surface area contributed by atoms with E-state index < -0.39 is 40.5 Å². The van der Waals surface area contributed by atoms with E-state index in [-0.39, 0.29) is 12.8 Å². The molecule has 2 atom stereocenters. The predicted molar refractivity (Wildman–Crippen MR) is 194 cm³/mol.